The number of hydrogen-bond acceptors (Lipinski definition) is 3. The molecule has 5 heteroatoms. The molecule has 0 unspecified atom stereocenters. The van der Waals surface area contributed by atoms with Crippen molar-refractivity contribution >= 4 is 23.2 Å². The molecule has 1 aliphatic rings. The van der Waals surface area contributed by atoms with E-state index in [2.05, 4.69) is 4.90 Å². The summed E-state index contributed by atoms with van der Waals surface area (Å²) in [5.74, 6) is 1.37. The summed E-state index contributed by atoms with van der Waals surface area (Å²) in [6, 6.07) is 11.4. The molecular weight excluding hydrogens is 331 g/mol. The largest absolute Gasteiger partial charge is 0.456 e. The van der Waals surface area contributed by atoms with E-state index in [9.17, 15) is 0 Å². The summed E-state index contributed by atoms with van der Waals surface area (Å²) in [5.41, 5.74) is 7.61. The summed E-state index contributed by atoms with van der Waals surface area (Å²) in [4.78, 5) is 2.37. The number of likely N-dealkylation sites (tertiary alicyclic amines) is 1. The monoisotopic (exact) mass is 350 g/mol. The highest BCUT2D eigenvalue weighted by Gasteiger charge is 2.18. The van der Waals surface area contributed by atoms with E-state index in [0.29, 0.717) is 22.3 Å². The molecule has 3 rings (SSSR count). The fourth-order valence-corrected chi connectivity index (χ4v) is 3.31. The minimum atomic E-state index is 0.516. The molecule has 1 fully saturated rings. The molecule has 0 radical (unpaired) electrons. The molecule has 3 nitrogen and oxygen atoms in total. The summed E-state index contributed by atoms with van der Waals surface area (Å²) in [5, 5.41) is 1.28. The van der Waals surface area contributed by atoms with Gasteiger partial charge in [0.2, 0.25) is 0 Å². The average Bonchev–Trinajstić information content (AvgIpc) is 3.08. The summed E-state index contributed by atoms with van der Waals surface area (Å²) in [7, 11) is 0. The Morgan fingerprint density at radius 2 is 1.70 bits per heavy atom. The summed E-state index contributed by atoms with van der Waals surface area (Å²) < 4.78 is 5.92. The van der Waals surface area contributed by atoms with Crippen molar-refractivity contribution in [3.05, 3.63) is 57.6 Å². The third-order valence-corrected chi connectivity index (χ3v) is 4.89. The van der Waals surface area contributed by atoms with Crippen LogP contribution in [0.4, 0.5) is 0 Å². The summed E-state index contributed by atoms with van der Waals surface area (Å²) in [6.07, 6.45) is 2.47. The maximum absolute atomic E-state index is 6.54. The molecule has 0 aliphatic carbocycles. The first-order valence-electron chi connectivity index (χ1n) is 7.83. The fraction of sp³-hybridized carbons (Fsp3) is 0.333. The Bertz CT molecular complexity index is 667. The van der Waals surface area contributed by atoms with Crippen LogP contribution in [0.15, 0.2) is 36.4 Å². The third kappa shape index (κ3) is 3.99. The van der Waals surface area contributed by atoms with Crippen molar-refractivity contribution < 1.29 is 4.74 Å². The van der Waals surface area contributed by atoms with Crippen molar-refractivity contribution in [2.45, 2.75) is 25.9 Å². The molecule has 0 bridgehead atoms. The van der Waals surface area contributed by atoms with Crippen molar-refractivity contribution in [2.24, 2.45) is 5.73 Å². The quantitative estimate of drug-likeness (QED) is 0.838. The lowest BCUT2D eigenvalue weighted by Crippen LogP contribution is -2.18. The molecule has 2 aromatic rings. The first-order chi connectivity index (χ1) is 11.2. The van der Waals surface area contributed by atoms with Crippen LogP contribution in [0, 0.1) is 0 Å². The number of halogens is 2. The molecule has 1 heterocycles. The Hall–Kier alpha value is -1.26. The van der Waals surface area contributed by atoms with E-state index in [0.717, 1.165) is 36.5 Å². The van der Waals surface area contributed by atoms with Gasteiger partial charge in [0.1, 0.15) is 11.5 Å². The highest BCUT2D eigenvalue weighted by atomic mass is 35.5. The SMILES string of the molecule is NCc1ccc(Oc2ccc(Cl)c(CN3CCCC3)c2Cl)cc1. The van der Waals surface area contributed by atoms with Crippen LogP contribution in [0.2, 0.25) is 10.0 Å². The molecule has 122 valence electrons. The fourth-order valence-electron chi connectivity index (χ4n) is 2.78. The van der Waals surface area contributed by atoms with E-state index >= 15 is 0 Å². The predicted molar refractivity (Wildman–Crippen MR) is 95.4 cm³/mol. The molecule has 1 saturated heterocycles. The van der Waals surface area contributed by atoms with Gasteiger partial charge in [-0.3, -0.25) is 4.90 Å². The number of hydrogen-bond donors (Lipinski definition) is 1. The van der Waals surface area contributed by atoms with Gasteiger partial charge in [0.25, 0.3) is 0 Å². The molecule has 2 N–H and O–H groups in total. The normalized spacial score (nSPS) is 15.1. The van der Waals surface area contributed by atoms with Crippen LogP contribution in [0.3, 0.4) is 0 Å². The van der Waals surface area contributed by atoms with E-state index in [1.54, 1.807) is 0 Å². The zero-order valence-corrected chi connectivity index (χ0v) is 14.4. The number of nitrogens with two attached hydrogens (primary N) is 1. The number of benzene rings is 2. The molecule has 1 aliphatic heterocycles. The Morgan fingerprint density at radius 1 is 1.00 bits per heavy atom. The molecule has 23 heavy (non-hydrogen) atoms. The van der Waals surface area contributed by atoms with E-state index < -0.39 is 0 Å². The lowest BCUT2D eigenvalue weighted by Gasteiger charge is -2.18. The van der Waals surface area contributed by atoms with Crippen molar-refractivity contribution in [2.75, 3.05) is 13.1 Å². The first-order valence-corrected chi connectivity index (χ1v) is 8.59. The zero-order valence-electron chi connectivity index (χ0n) is 12.9. The van der Waals surface area contributed by atoms with Crippen molar-refractivity contribution in [3.63, 3.8) is 0 Å². The number of ether oxygens (including phenoxy) is 1. The Kier molecular flexibility index (Phi) is 5.44. The highest BCUT2D eigenvalue weighted by molar-refractivity contribution is 6.37. The second-order valence-corrected chi connectivity index (χ2v) is 6.56. The van der Waals surface area contributed by atoms with Gasteiger partial charge in [-0.05, 0) is 55.8 Å². The van der Waals surface area contributed by atoms with E-state index in [1.165, 1.54) is 12.8 Å². The Balaban J connectivity index is 1.81. The maximum Gasteiger partial charge on any atom is 0.146 e. The lowest BCUT2D eigenvalue weighted by atomic mass is 10.2. The minimum Gasteiger partial charge on any atom is -0.456 e. The molecule has 0 amide bonds. The van der Waals surface area contributed by atoms with Crippen molar-refractivity contribution in [3.8, 4) is 11.5 Å². The van der Waals surface area contributed by atoms with Crippen LogP contribution < -0.4 is 10.5 Å². The Morgan fingerprint density at radius 3 is 2.35 bits per heavy atom. The smallest absolute Gasteiger partial charge is 0.146 e. The molecule has 0 spiro atoms. The van der Waals surface area contributed by atoms with Crippen molar-refractivity contribution in [1.29, 1.82) is 0 Å². The Labute approximate surface area is 146 Å². The van der Waals surface area contributed by atoms with E-state index in [1.807, 2.05) is 36.4 Å². The number of nitrogens with zero attached hydrogens (tertiary/aromatic N) is 1. The lowest BCUT2D eigenvalue weighted by molar-refractivity contribution is 0.331. The van der Waals surface area contributed by atoms with Crippen LogP contribution in [0.25, 0.3) is 0 Å². The van der Waals surface area contributed by atoms with Gasteiger partial charge in [0, 0.05) is 23.7 Å². The van der Waals surface area contributed by atoms with Crippen LogP contribution in [0.5, 0.6) is 11.5 Å². The standard InChI is InChI=1S/C18H20Cl2N2O/c19-16-7-8-17(23-14-5-3-13(11-21)4-6-14)18(20)15(16)12-22-9-1-2-10-22/h3-8H,1-2,9-12,21H2. The van der Waals surface area contributed by atoms with Gasteiger partial charge < -0.3 is 10.5 Å². The maximum atomic E-state index is 6.54. The predicted octanol–water partition coefficient (Wildman–Crippen LogP) is 4.84. The van der Waals surface area contributed by atoms with Crippen LogP contribution >= 0.6 is 23.2 Å². The van der Waals surface area contributed by atoms with E-state index in [4.69, 9.17) is 33.7 Å². The van der Waals surface area contributed by atoms with Gasteiger partial charge in [-0.25, -0.2) is 0 Å². The first kappa shape index (κ1) is 16.6. The molecular formula is C18H20Cl2N2O. The van der Waals surface area contributed by atoms with Crippen LogP contribution in [-0.4, -0.2) is 18.0 Å². The topological polar surface area (TPSA) is 38.5 Å². The molecule has 0 atom stereocenters. The van der Waals surface area contributed by atoms with E-state index in [-0.39, 0.29) is 0 Å². The second-order valence-electron chi connectivity index (χ2n) is 5.77. The zero-order chi connectivity index (χ0) is 16.2. The highest BCUT2D eigenvalue weighted by Crippen LogP contribution is 2.37. The van der Waals surface area contributed by atoms with Gasteiger partial charge in [-0.1, -0.05) is 35.3 Å². The van der Waals surface area contributed by atoms with Gasteiger partial charge in [0.05, 0.1) is 5.02 Å². The minimum absolute atomic E-state index is 0.516. The molecule has 0 saturated carbocycles. The van der Waals surface area contributed by atoms with Gasteiger partial charge in [0.15, 0.2) is 0 Å². The van der Waals surface area contributed by atoms with Gasteiger partial charge in [-0.2, -0.15) is 0 Å². The van der Waals surface area contributed by atoms with Gasteiger partial charge in [-0.15, -0.1) is 0 Å². The average molecular weight is 351 g/mol. The summed E-state index contributed by atoms with van der Waals surface area (Å²) in [6.45, 7) is 3.47. The third-order valence-electron chi connectivity index (χ3n) is 4.12. The summed E-state index contributed by atoms with van der Waals surface area (Å²) >= 11 is 12.9. The van der Waals surface area contributed by atoms with Gasteiger partial charge >= 0.3 is 0 Å². The molecule has 0 aromatic heterocycles. The second kappa shape index (κ2) is 7.54. The van der Waals surface area contributed by atoms with Crippen LogP contribution in [0.1, 0.15) is 24.0 Å². The molecule has 2 aromatic carbocycles. The number of rotatable bonds is 5. The van der Waals surface area contributed by atoms with Crippen LogP contribution in [-0.2, 0) is 13.1 Å². The van der Waals surface area contributed by atoms with Crippen molar-refractivity contribution in [1.82, 2.24) is 4.90 Å².